The second-order valence-corrected chi connectivity index (χ2v) is 7.15. The topological polar surface area (TPSA) is 69.7 Å². The number of sulfone groups is 1. The molecule has 20 heavy (non-hydrogen) atoms. The minimum atomic E-state index is -3.60. The van der Waals surface area contributed by atoms with Gasteiger partial charge in [0.05, 0.1) is 18.1 Å². The first-order valence-corrected chi connectivity index (χ1v) is 8.36. The summed E-state index contributed by atoms with van der Waals surface area (Å²) in [6, 6.07) is 4.52. The maximum atomic E-state index is 12.2. The van der Waals surface area contributed by atoms with Crippen LogP contribution in [-0.4, -0.2) is 33.2 Å². The van der Waals surface area contributed by atoms with Crippen molar-refractivity contribution in [3.8, 4) is 11.5 Å². The summed E-state index contributed by atoms with van der Waals surface area (Å²) in [6.45, 7) is 1.05. The van der Waals surface area contributed by atoms with Gasteiger partial charge in [0.2, 0.25) is 0 Å². The molecule has 6 heteroatoms. The van der Waals surface area contributed by atoms with Crippen LogP contribution in [0, 0.1) is 5.92 Å². The summed E-state index contributed by atoms with van der Waals surface area (Å²) in [4.78, 5) is 11.8. The molecule has 108 valence electrons. The fourth-order valence-corrected chi connectivity index (χ4v) is 3.47. The van der Waals surface area contributed by atoms with E-state index < -0.39 is 15.6 Å². The molecule has 3 rings (SSSR count). The quantitative estimate of drug-likeness (QED) is 0.844. The minimum Gasteiger partial charge on any atom is -0.490 e. The van der Waals surface area contributed by atoms with E-state index in [9.17, 15) is 13.2 Å². The third kappa shape index (κ3) is 2.80. The predicted molar refractivity (Wildman–Crippen MR) is 71.8 cm³/mol. The van der Waals surface area contributed by atoms with Crippen LogP contribution in [0.25, 0.3) is 0 Å². The summed E-state index contributed by atoms with van der Waals surface area (Å²) in [5.74, 6) is 0.330. The molecule has 1 heterocycles. The number of fused-ring (bicyclic) bond motifs is 1. The molecule has 0 radical (unpaired) electrons. The van der Waals surface area contributed by atoms with Crippen LogP contribution in [0.5, 0.6) is 11.5 Å². The molecule has 0 aromatic heterocycles. The normalized spacial score (nSPS) is 18.4. The van der Waals surface area contributed by atoms with Crippen molar-refractivity contribution in [1.29, 1.82) is 0 Å². The molecule has 0 atom stereocenters. The van der Waals surface area contributed by atoms with Crippen LogP contribution in [0.1, 0.15) is 19.3 Å². The van der Waals surface area contributed by atoms with Gasteiger partial charge in [-0.1, -0.05) is 0 Å². The Morgan fingerprint density at radius 3 is 2.55 bits per heavy atom. The van der Waals surface area contributed by atoms with Crippen LogP contribution in [-0.2, 0) is 14.6 Å². The van der Waals surface area contributed by atoms with Gasteiger partial charge in [-0.05, 0) is 25.0 Å². The monoisotopic (exact) mass is 296 g/mol. The van der Waals surface area contributed by atoms with Crippen molar-refractivity contribution in [2.24, 2.45) is 5.92 Å². The fourth-order valence-electron chi connectivity index (χ4n) is 2.13. The van der Waals surface area contributed by atoms with Crippen molar-refractivity contribution in [3.63, 3.8) is 0 Å². The average Bonchev–Trinajstić information content (AvgIpc) is 3.24. The van der Waals surface area contributed by atoms with Crippen molar-refractivity contribution in [2.75, 3.05) is 19.0 Å². The summed E-state index contributed by atoms with van der Waals surface area (Å²) < 4.78 is 35.4. The van der Waals surface area contributed by atoms with E-state index in [4.69, 9.17) is 9.47 Å². The van der Waals surface area contributed by atoms with Gasteiger partial charge in [-0.2, -0.15) is 0 Å². The molecule has 0 spiro atoms. The van der Waals surface area contributed by atoms with Crippen molar-refractivity contribution in [2.45, 2.75) is 24.2 Å². The first kappa shape index (κ1) is 13.4. The van der Waals surface area contributed by atoms with Gasteiger partial charge in [0.25, 0.3) is 0 Å². The van der Waals surface area contributed by atoms with E-state index in [1.54, 1.807) is 6.07 Å². The number of carbonyl (C=O) groups is 1. The van der Waals surface area contributed by atoms with Crippen LogP contribution in [0.2, 0.25) is 0 Å². The molecule has 1 aromatic carbocycles. The zero-order valence-corrected chi connectivity index (χ0v) is 11.8. The lowest BCUT2D eigenvalue weighted by molar-refractivity contribution is -0.117. The van der Waals surface area contributed by atoms with Crippen molar-refractivity contribution in [1.82, 2.24) is 0 Å². The van der Waals surface area contributed by atoms with Crippen LogP contribution in [0.3, 0.4) is 0 Å². The summed E-state index contributed by atoms with van der Waals surface area (Å²) in [6.07, 6.45) is 2.39. The lowest BCUT2D eigenvalue weighted by atomic mass is 10.3. The number of rotatable bonds is 4. The smallest absolute Gasteiger partial charge is 0.185 e. The molecule has 5 nitrogen and oxygen atoms in total. The molecular weight excluding hydrogens is 280 g/mol. The second-order valence-electron chi connectivity index (χ2n) is 5.16. The third-order valence-electron chi connectivity index (χ3n) is 3.44. The third-order valence-corrected chi connectivity index (χ3v) is 5.08. The molecule has 1 aromatic rings. The van der Waals surface area contributed by atoms with Gasteiger partial charge in [0.15, 0.2) is 27.1 Å². The molecule has 0 saturated heterocycles. The highest BCUT2D eigenvalue weighted by atomic mass is 32.2. The Morgan fingerprint density at radius 1 is 1.15 bits per heavy atom. The van der Waals surface area contributed by atoms with E-state index in [1.165, 1.54) is 12.1 Å². The first-order valence-electron chi connectivity index (χ1n) is 6.71. The average molecular weight is 296 g/mol. The highest BCUT2D eigenvalue weighted by Crippen LogP contribution is 2.34. The van der Waals surface area contributed by atoms with E-state index in [1.807, 2.05) is 0 Å². The van der Waals surface area contributed by atoms with Gasteiger partial charge in [-0.25, -0.2) is 8.42 Å². The predicted octanol–water partition coefficient (Wildman–Crippen LogP) is 1.60. The van der Waals surface area contributed by atoms with Gasteiger partial charge >= 0.3 is 0 Å². The SMILES string of the molecule is O=C(CS(=O)(=O)c1ccc2c(c1)OCCCO2)C1CC1. The molecule has 2 aliphatic rings. The zero-order valence-electron chi connectivity index (χ0n) is 11.0. The number of hydrogen-bond acceptors (Lipinski definition) is 5. The van der Waals surface area contributed by atoms with Gasteiger partial charge in [0.1, 0.15) is 5.75 Å². The Bertz CT molecular complexity index is 631. The van der Waals surface area contributed by atoms with Gasteiger partial charge in [0, 0.05) is 18.4 Å². The van der Waals surface area contributed by atoms with Crippen molar-refractivity contribution >= 4 is 15.6 Å². The molecule has 1 aliphatic carbocycles. The van der Waals surface area contributed by atoms with Crippen LogP contribution < -0.4 is 9.47 Å². The highest BCUT2D eigenvalue weighted by molar-refractivity contribution is 7.92. The maximum absolute atomic E-state index is 12.2. The lowest BCUT2D eigenvalue weighted by Crippen LogP contribution is -2.17. The van der Waals surface area contributed by atoms with Crippen molar-refractivity contribution < 1.29 is 22.7 Å². The van der Waals surface area contributed by atoms with E-state index in [0.717, 1.165) is 19.3 Å². The zero-order chi connectivity index (χ0) is 14.2. The van der Waals surface area contributed by atoms with Crippen LogP contribution >= 0.6 is 0 Å². The van der Waals surface area contributed by atoms with E-state index in [0.29, 0.717) is 24.7 Å². The Morgan fingerprint density at radius 2 is 1.85 bits per heavy atom. The van der Waals surface area contributed by atoms with E-state index >= 15 is 0 Å². The second kappa shape index (κ2) is 5.09. The summed E-state index contributed by atoms with van der Waals surface area (Å²) >= 11 is 0. The van der Waals surface area contributed by atoms with Crippen LogP contribution in [0.15, 0.2) is 23.1 Å². The van der Waals surface area contributed by atoms with Gasteiger partial charge in [-0.15, -0.1) is 0 Å². The fraction of sp³-hybridized carbons (Fsp3) is 0.500. The number of ether oxygens (including phenoxy) is 2. The Hall–Kier alpha value is -1.56. The number of carbonyl (C=O) groups excluding carboxylic acids is 1. The number of Topliss-reactive ketones (excluding diaryl/α,β-unsaturated/α-hetero) is 1. The molecule has 1 saturated carbocycles. The molecular formula is C14H16O5S. The van der Waals surface area contributed by atoms with Gasteiger partial charge < -0.3 is 9.47 Å². The summed E-state index contributed by atoms with van der Waals surface area (Å²) in [5, 5.41) is 0. The van der Waals surface area contributed by atoms with Gasteiger partial charge in [-0.3, -0.25) is 4.79 Å². The van der Waals surface area contributed by atoms with E-state index in [-0.39, 0.29) is 16.6 Å². The van der Waals surface area contributed by atoms with Crippen LogP contribution in [0.4, 0.5) is 0 Å². The summed E-state index contributed by atoms with van der Waals surface area (Å²) in [7, 11) is -3.60. The molecule has 0 unspecified atom stereocenters. The first-order chi connectivity index (χ1) is 9.56. The minimum absolute atomic E-state index is 0.0508. The number of benzene rings is 1. The number of hydrogen-bond donors (Lipinski definition) is 0. The van der Waals surface area contributed by atoms with E-state index in [2.05, 4.69) is 0 Å². The number of ketones is 1. The molecule has 0 N–H and O–H groups in total. The standard InChI is InChI=1S/C14H16O5S/c15-12(10-2-3-10)9-20(16,17)11-4-5-13-14(8-11)19-7-1-6-18-13/h4-5,8,10H,1-3,6-7,9H2. The maximum Gasteiger partial charge on any atom is 0.185 e. The Kier molecular flexibility index (Phi) is 3.41. The largest absolute Gasteiger partial charge is 0.490 e. The molecule has 1 fully saturated rings. The molecule has 0 bridgehead atoms. The molecule has 0 amide bonds. The highest BCUT2D eigenvalue weighted by Gasteiger charge is 2.33. The Balaban J connectivity index is 1.85. The summed E-state index contributed by atoms with van der Waals surface area (Å²) in [5.41, 5.74) is 0. The Labute approximate surface area is 117 Å². The lowest BCUT2D eigenvalue weighted by Gasteiger charge is -2.09. The molecule has 1 aliphatic heterocycles. The van der Waals surface area contributed by atoms with Crippen molar-refractivity contribution in [3.05, 3.63) is 18.2 Å².